The molecule has 0 radical (unpaired) electrons. The molecule has 750 valence electrons. The fourth-order valence-corrected chi connectivity index (χ4v) is 26.0. The second-order valence-electron chi connectivity index (χ2n) is 39.6. The second-order valence-corrected chi connectivity index (χ2v) is 45.6. The molecule has 2 unspecified atom stereocenters. The van der Waals surface area contributed by atoms with Gasteiger partial charge in [0.2, 0.25) is 0 Å². The molecule has 146 heavy (non-hydrogen) atoms. The van der Waals surface area contributed by atoms with Gasteiger partial charge in [0.1, 0.15) is 34.7 Å². The van der Waals surface area contributed by atoms with Crippen molar-refractivity contribution in [3.63, 3.8) is 0 Å². The number of nitrogens with zero attached hydrogens (tertiary/aromatic N) is 15. The molecule has 4 aromatic carbocycles. The van der Waals surface area contributed by atoms with E-state index in [1.807, 2.05) is 123 Å². The van der Waals surface area contributed by atoms with Crippen LogP contribution in [0.15, 0.2) is 116 Å². The third-order valence-corrected chi connectivity index (χ3v) is 36.0. The summed E-state index contributed by atoms with van der Waals surface area (Å²) in [7, 11) is 3.09. The lowest BCUT2D eigenvalue weighted by Crippen LogP contribution is -2.48. The Morgan fingerprint density at radius 2 is 0.774 bits per heavy atom. The van der Waals surface area contributed by atoms with Crippen LogP contribution in [0.25, 0.3) is 67.0 Å². The minimum absolute atomic E-state index is 0.0444. The van der Waals surface area contributed by atoms with E-state index in [-0.39, 0.29) is 53.8 Å². The van der Waals surface area contributed by atoms with E-state index in [1.165, 1.54) is 192 Å². The normalized spacial score (nSPS) is 16.2. The number of hydrogen-bond donors (Lipinski definition) is 5. The van der Waals surface area contributed by atoms with Crippen LogP contribution < -0.4 is 36.1 Å². The maximum atomic E-state index is 13.7. The van der Waals surface area contributed by atoms with Gasteiger partial charge in [0.05, 0.1) is 101 Å². The number of likely N-dealkylation sites (tertiary alicyclic amines) is 1. The van der Waals surface area contributed by atoms with E-state index in [2.05, 4.69) is 157 Å². The van der Waals surface area contributed by atoms with Crippen LogP contribution in [0.5, 0.6) is 11.5 Å². The Labute approximate surface area is 868 Å². The molecule has 28 nitrogen and oxygen atoms in total. The molecule has 7 aliphatic carbocycles. The maximum absolute atomic E-state index is 13.7. The van der Waals surface area contributed by atoms with Crippen LogP contribution >= 0.6 is 68.0 Å². The lowest BCUT2D eigenvalue weighted by molar-refractivity contribution is 0.0605. The number of ether oxygens (including phenoxy) is 2. The van der Waals surface area contributed by atoms with Gasteiger partial charge in [-0.3, -0.25) is 28.8 Å². The summed E-state index contributed by atoms with van der Waals surface area (Å²) in [5, 5.41) is 77.3. The summed E-state index contributed by atoms with van der Waals surface area (Å²) >= 11 is 8.73. The fourth-order valence-electron chi connectivity index (χ4n) is 19.1. The van der Waals surface area contributed by atoms with E-state index in [4.69, 9.17) is 9.47 Å². The highest BCUT2D eigenvalue weighted by Gasteiger charge is 2.44. The minimum Gasteiger partial charge on any atom is -0.497 e. The van der Waals surface area contributed by atoms with Crippen LogP contribution in [0.1, 0.15) is 301 Å². The van der Waals surface area contributed by atoms with Gasteiger partial charge in [0.15, 0.2) is 11.6 Å². The number of carbonyl (C=O) groups excluding carboxylic acids is 6. The molecule has 1 saturated heterocycles. The van der Waals surface area contributed by atoms with Gasteiger partial charge in [-0.1, -0.05) is 66.7 Å². The predicted octanol–water partition coefficient (Wildman–Crippen LogP) is 23.2. The summed E-state index contributed by atoms with van der Waals surface area (Å²) in [5.41, 5.74) is 24.0. The van der Waals surface area contributed by atoms with Gasteiger partial charge in [-0.05, 0) is 330 Å². The van der Waals surface area contributed by atoms with Gasteiger partial charge >= 0.3 is 0 Å². The highest BCUT2D eigenvalue weighted by molar-refractivity contribution is 7.22. The van der Waals surface area contributed by atoms with E-state index in [1.54, 1.807) is 36.3 Å². The lowest BCUT2D eigenvalue weighted by Gasteiger charge is -2.39. The average molecular weight is 2070 g/mol. The number of amides is 6. The number of aryl methyl sites for hydroxylation is 14. The van der Waals surface area contributed by atoms with E-state index in [0.29, 0.717) is 68.6 Å². The van der Waals surface area contributed by atoms with Gasteiger partial charge in [0, 0.05) is 81.9 Å². The molecule has 13 aromatic heterocycles. The number of aromatic nitrogens is 14. The number of rotatable bonds is 21. The number of para-hydroxylation sites is 1. The Kier molecular flexibility index (Phi) is 28.7. The maximum Gasteiger partial charge on any atom is 0.266 e. The average Bonchev–Trinajstić information content (AvgIpc) is 1.57. The summed E-state index contributed by atoms with van der Waals surface area (Å²) < 4.78 is 25.6. The summed E-state index contributed by atoms with van der Waals surface area (Å²) in [5.74, 6) is 3.60. The van der Waals surface area contributed by atoms with Crippen molar-refractivity contribution >= 4 is 170 Å². The van der Waals surface area contributed by atoms with Crippen molar-refractivity contribution in [3.8, 4) is 17.2 Å². The quantitative estimate of drug-likeness (QED) is 0.0446. The van der Waals surface area contributed by atoms with E-state index < -0.39 is 5.82 Å². The van der Waals surface area contributed by atoms with E-state index >= 15 is 0 Å². The van der Waals surface area contributed by atoms with Crippen molar-refractivity contribution < 1.29 is 42.6 Å². The Hall–Kier alpha value is -13.3. The minimum atomic E-state index is -0.450. The smallest absolute Gasteiger partial charge is 0.266 e. The molecule has 2 atom stereocenters. The van der Waals surface area contributed by atoms with Gasteiger partial charge in [-0.15, -0.1) is 98.6 Å². The summed E-state index contributed by atoms with van der Waals surface area (Å²) in [4.78, 5) is 88.6. The van der Waals surface area contributed by atoms with Crippen LogP contribution in [-0.2, 0) is 6.54 Å². The van der Waals surface area contributed by atoms with Crippen molar-refractivity contribution in [1.82, 2.24) is 97.1 Å². The second kappa shape index (κ2) is 41.9. The molecule has 1 aliphatic heterocycles. The zero-order valence-electron chi connectivity index (χ0n) is 84.5. The van der Waals surface area contributed by atoms with Crippen molar-refractivity contribution in [2.75, 3.05) is 32.6 Å². The topological polar surface area (TPSA) is 357 Å². The molecule has 6 amide bonds. The number of halogens is 1. The number of hydrogen-bond acceptors (Lipinski definition) is 27. The number of benzene rings is 4. The van der Waals surface area contributed by atoms with Crippen LogP contribution in [0.4, 0.5) is 10.1 Å². The molecule has 0 spiro atoms. The third kappa shape index (κ3) is 20.8. The molecule has 17 aromatic rings. The molecular formula is C111H115FN20O8S6. The van der Waals surface area contributed by atoms with Crippen molar-refractivity contribution in [1.29, 1.82) is 0 Å². The zero-order valence-corrected chi connectivity index (χ0v) is 89.4. The highest BCUT2D eigenvalue weighted by Crippen LogP contribution is 2.54. The first-order valence-corrected chi connectivity index (χ1v) is 54.8. The number of carbonyl (C=O) groups is 6. The van der Waals surface area contributed by atoms with Gasteiger partial charge < -0.3 is 41.0 Å². The monoisotopic (exact) mass is 2070 g/mol. The summed E-state index contributed by atoms with van der Waals surface area (Å²) in [6.45, 7) is 29.9. The largest absolute Gasteiger partial charge is 0.497 e. The van der Waals surface area contributed by atoms with Crippen molar-refractivity contribution in [2.24, 2.45) is 0 Å². The standard InChI is InChI=1S/C22H23N3O2S.C21H21N3OS.C19H17N5OS.C18H18FN3O2S.C16H19N3OS.C15H17N3OS/c1-11-12(2)24-25-22-18(11)19(14-4-5-14)20(28-22)21(26)23-17-10-16(17)13-6-8-15(27-3)9-7-13;1-12-13(2)22-23-20-17(12)18(15-8-9-15)19(26-20)21(25)24-10-16(11-24)14-6-4-3-5-7-14;1-11-13(3)22-23-19-16(11)12(2)17(26-19)18(25)21-14-9-20-24(10-14)15-7-5-4-6-8-15;1-9-11(3)21-22-18-15(9)10(2)16(25-18)17(23)20-8-12-5-6-14(24-4)13(19)7-12;1-8-9(2)18-19-16-12(8)13(10-6-7-10)14(21-16)15(20)17-11-4-3-5-11;1-7-8(2)17-18-15-11(7)12(9-3-4-9)13(20-15)14(19)16-10-5-6-10/h6-9,14,16-17H,4-5,10H2,1-3H3,(H,23,26);3-7,15-16H,8-11H2,1-2H3;4-10H,1-3H3,(H,21,25);5-7H,8H2,1-4H3,(H,20,23);10-11H,3-7H2,1-2H3,(H,17,20);9-10H,3-6H2,1-2H3,(H,16,19). The molecular weight excluding hydrogens is 1950 g/mol. The molecule has 25 rings (SSSR count). The highest BCUT2D eigenvalue weighted by atomic mass is 32.1. The first-order valence-electron chi connectivity index (χ1n) is 49.9. The molecule has 14 heterocycles. The van der Waals surface area contributed by atoms with Crippen LogP contribution in [0.2, 0.25) is 0 Å². The first kappa shape index (κ1) is 100.0. The van der Waals surface area contributed by atoms with Crippen LogP contribution in [-0.4, -0.2) is 157 Å². The SMILES string of the molecule is COc1ccc(C2CC2NC(=O)c2sc3nnc(C)c(C)c3c2C2CC2)cc1.COc1ccc(CNC(=O)c2sc3nnc(C)c(C)c3c2C)cc1F.Cc1nnc2sc(C(=O)N3CC(c4ccccc4)C3)c(C3CC3)c2c1C.Cc1nnc2sc(C(=O)NC3CC3)c(C3CC3)c2c1C.Cc1nnc2sc(C(=O)NC3CCC3)c(C3CC3)c2c1C.Cc1nnc2sc(C(=O)Nc3cnn(-c4ccccc4)c3)c(C)c2c1C. The van der Waals surface area contributed by atoms with Crippen LogP contribution in [0.3, 0.4) is 0 Å². The number of thiophene rings is 6. The fraction of sp³-hybridized carbons (Fsp3) is 0.378. The van der Waals surface area contributed by atoms with Crippen molar-refractivity contribution in [2.45, 2.75) is 247 Å². The van der Waals surface area contributed by atoms with Crippen LogP contribution in [0, 0.1) is 103 Å². The number of fused-ring (bicyclic) bond motifs is 6. The Bertz CT molecular complexity index is 7980. The van der Waals surface area contributed by atoms with Gasteiger partial charge in [-0.25, -0.2) is 9.07 Å². The third-order valence-electron chi connectivity index (χ3n) is 29.4. The number of anilines is 1. The number of nitrogens with one attached hydrogen (secondary N) is 5. The zero-order chi connectivity index (χ0) is 102. The van der Waals surface area contributed by atoms with Gasteiger partial charge in [0.25, 0.3) is 35.4 Å². The molecule has 7 saturated carbocycles. The predicted molar refractivity (Wildman–Crippen MR) is 577 cm³/mol. The molecule has 0 bridgehead atoms. The first-order chi connectivity index (χ1) is 70.4. The number of methoxy groups -OCH3 is 2. The Morgan fingerprint density at radius 1 is 0.384 bits per heavy atom. The van der Waals surface area contributed by atoms with Crippen molar-refractivity contribution in [3.05, 3.63) is 268 Å². The van der Waals surface area contributed by atoms with E-state index in [9.17, 15) is 33.2 Å². The molecule has 5 N–H and O–H groups in total. The molecule has 8 aliphatic rings. The van der Waals surface area contributed by atoms with E-state index in [0.717, 1.165) is 196 Å². The Balaban J connectivity index is 0.000000107. The summed E-state index contributed by atoms with van der Waals surface area (Å²) in [6, 6.07) is 34.0. The van der Waals surface area contributed by atoms with Gasteiger partial charge in [-0.2, -0.15) is 35.7 Å². The molecule has 35 heteroatoms. The lowest BCUT2D eigenvalue weighted by atomic mass is 9.91. The Morgan fingerprint density at radius 3 is 1.18 bits per heavy atom. The summed E-state index contributed by atoms with van der Waals surface area (Å²) in [6.07, 6.45) is 19.6. The molecule has 8 fully saturated rings.